The highest BCUT2D eigenvalue weighted by molar-refractivity contribution is 6.24. The highest BCUT2D eigenvalue weighted by atomic mass is 16.3. The van der Waals surface area contributed by atoms with E-state index in [4.69, 9.17) is 4.42 Å². The molecule has 4 nitrogen and oxygen atoms in total. The van der Waals surface area contributed by atoms with Crippen LogP contribution in [-0.4, -0.2) is 11.8 Å². The van der Waals surface area contributed by atoms with Gasteiger partial charge in [-0.15, -0.1) is 0 Å². The zero-order chi connectivity index (χ0) is 11.8. The number of fused-ring (bicyclic) bond motifs is 1. The van der Waals surface area contributed by atoms with Crippen LogP contribution in [0.1, 0.15) is 15.9 Å². The second kappa shape index (κ2) is 3.59. The Labute approximate surface area is 97.5 Å². The first-order chi connectivity index (χ1) is 8.27. The van der Waals surface area contributed by atoms with Crippen LogP contribution in [0.3, 0.4) is 0 Å². The molecule has 84 valence electrons. The molecular weight excluding hydrogens is 218 g/mol. The first kappa shape index (κ1) is 9.84. The molecule has 1 aliphatic heterocycles. The third-order valence-electron chi connectivity index (χ3n) is 2.81. The number of hydrogen-bond donors (Lipinski definition) is 0. The molecule has 1 aromatic carbocycles. The minimum Gasteiger partial charge on any atom is -0.470 e. The maximum Gasteiger partial charge on any atom is 0.265 e. The number of nitrogens with zero attached hydrogens (tertiary/aromatic N) is 1. The highest BCUT2D eigenvalue weighted by Crippen LogP contribution is 2.25. The molecule has 1 aliphatic rings. The van der Waals surface area contributed by atoms with Crippen molar-refractivity contribution in [3.8, 4) is 0 Å². The molecule has 2 amide bonds. The number of anilines is 1. The largest absolute Gasteiger partial charge is 0.470 e. The summed E-state index contributed by atoms with van der Waals surface area (Å²) >= 11 is 0. The highest BCUT2D eigenvalue weighted by Gasteiger charge is 2.32. The number of benzene rings is 1. The third-order valence-corrected chi connectivity index (χ3v) is 2.81. The number of carbonyl (C=O) groups excluding carboxylic acids is 2. The Morgan fingerprint density at radius 3 is 2.71 bits per heavy atom. The van der Waals surface area contributed by atoms with Crippen LogP contribution in [0.4, 0.5) is 5.69 Å². The van der Waals surface area contributed by atoms with Gasteiger partial charge in [-0.1, -0.05) is 18.2 Å². The van der Waals surface area contributed by atoms with Gasteiger partial charge in [0.25, 0.3) is 5.91 Å². The molecule has 0 unspecified atom stereocenters. The minimum absolute atomic E-state index is 0.227. The Hall–Kier alpha value is -2.36. The van der Waals surface area contributed by atoms with E-state index in [1.807, 2.05) is 6.07 Å². The molecule has 0 fully saturated rings. The summed E-state index contributed by atoms with van der Waals surface area (Å²) in [7, 11) is 0. The van der Waals surface area contributed by atoms with E-state index >= 15 is 0 Å². The smallest absolute Gasteiger partial charge is 0.265 e. The molecule has 0 saturated carbocycles. The lowest BCUT2D eigenvalue weighted by molar-refractivity contribution is -0.117. The number of carbonyl (C=O) groups is 2. The number of rotatable bonds is 1. The van der Waals surface area contributed by atoms with Crippen LogP contribution in [0.2, 0.25) is 0 Å². The summed E-state index contributed by atoms with van der Waals surface area (Å²) in [6, 6.07) is 8.76. The van der Waals surface area contributed by atoms with E-state index in [1.165, 1.54) is 12.5 Å². The summed E-state index contributed by atoms with van der Waals surface area (Å²) < 4.78 is 4.91. The Morgan fingerprint density at radius 2 is 1.94 bits per heavy atom. The van der Waals surface area contributed by atoms with Gasteiger partial charge in [0.15, 0.2) is 0 Å². The number of imide groups is 1. The number of furan rings is 1. The van der Waals surface area contributed by atoms with E-state index in [0.29, 0.717) is 11.3 Å². The molecule has 0 atom stereocenters. The molecule has 0 aliphatic carbocycles. The molecule has 4 heteroatoms. The van der Waals surface area contributed by atoms with Crippen LogP contribution in [-0.2, 0) is 11.2 Å². The van der Waals surface area contributed by atoms with E-state index in [1.54, 1.807) is 24.3 Å². The zero-order valence-electron chi connectivity index (χ0n) is 8.92. The molecule has 1 aromatic heterocycles. The maximum atomic E-state index is 12.2. The summed E-state index contributed by atoms with van der Waals surface area (Å²) in [6.07, 6.45) is 3.08. The summed E-state index contributed by atoms with van der Waals surface area (Å²) in [5, 5.41) is 0. The fourth-order valence-corrected chi connectivity index (χ4v) is 2.00. The summed E-state index contributed by atoms with van der Waals surface area (Å²) in [4.78, 5) is 25.3. The zero-order valence-corrected chi connectivity index (χ0v) is 8.92. The Kier molecular flexibility index (Phi) is 2.08. The van der Waals surface area contributed by atoms with Crippen molar-refractivity contribution >= 4 is 17.5 Å². The minimum atomic E-state index is -0.293. The first-order valence-electron chi connectivity index (χ1n) is 5.25. The standard InChI is InChI=1S/C13H9NO3/c15-12-7-9-3-1-2-4-11(9)13(16)14(12)10-5-6-17-8-10/h1-6,8H,7H2. The van der Waals surface area contributed by atoms with Gasteiger partial charge in [-0.3, -0.25) is 9.59 Å². The van der Waals surface area contributed by atoms with E-state index in [0.717, 1.165) is 10.5 Å². The molecule has 0 radical (unpaired) electrons. The van der Waals surface area contributed by atoms with Crippen molar-refractivity contribution in [3.63, 3.8) is 0 Å². The quantitative estimate of drug-likeness (QED) is 0.700. The molecule has 3 rings (SSSR count). The lowest BCUT2D eigenvalue weighted by atomic mass is 9.98. The summed E-state index contributed by atoms with van der Waals surface area (Å²) in [6.45, 7) is 0. The fourth-order valence-electron chi connectivity index (χ4n) is 2.00. The Bertz CT molecular complexity index is 586. The second-order valence-electron chi connectivity index (χ2n) is 3.85. The third kappa shape index (κ3) is 1.45. The van der Waals surface area contributed by atoms with Gasteiger partial charge in [0.2, 0.25) is 5.91 Å². The van der Waals surface area contributed by atoms with E-state index in [9.17, 15) is 9.59 Å². The van der Waals surface area contributed by atoms with Gasteiger partial charge in [0, 0.05) is 11.6 Å². The van der Waals surface area contributed by atoms with E-state index < -0.39 is 0 Å². The van der Waals surface area contributed by atoms with Crippen molar-refractivity contribution in [1.29, 1.82) is 0 Å². The van der Waals surface area contributed by atoms with Gasteiger partial charge in [-0.25, -0.2) is 4.90 Å². The lowest BCUT2D eigenvalue weighted by Gasteiger charge is -2.25. The predicted octanol–water partition coefficient (Wildman–Crippen LogP) is 2.01. The van der Waals surface area contributed by atoms with Gasteiger partial charge < -0.3 is 4.42 Å². The molecular formula is C13H9NO3. The van der Waals surface area contributed by atoms with Gasteiger partial charge in [-0.2, -0.15) is 0 Å². The Balaban J connectivity index is 2.10. The molecule has 0 N–H and O–H groups in total. The van der Waals surface area contributed by atoms with Gasteiger partial charge >= 0.3 is 0 Å². The normalized spacial score (nSPS) is 14.9. The lowest BCUT2D eigenvalue weighted by Crippen LogP contribution is -2.42. The van der Waals surface area contributed by atoms with E-state index in [-0.39, 0.29) is 18.2 Å². The molecule has 17 heavy (non-hydrogen) atoms. The average molecular weight is 227 g/mol. The van der Waals surface area contributed by atoms with Crippen molar-refractivity contribution in [2.75, 3.05) is 4.90 Å². The molecule has 0 spiro atoms. The van der Waals surface area contributed by atoms with Gasteiger partial charge in [0.05, 0.1) is 18.4 Å². The van der Waals surface area contributed by atoms with Crippen LogP contribution >= 0.6 is 0 Å². The molecule has 2 heterocycles. The van der Waals surface area contributed by atoms with Gasteiger partial charge in [-0.05, 0) is 11.6 Å². The first-order valence-corrected chi connectivity index (χ1v) is 5.25. The van der Waals surface area contributed by atoms with Crippen LogP contribution in [0, 0.1) is 0 Å². The van der Waals surface area contributed by atoms with Crippen molar-refractivity contribution in [2.45, 2.75) is 6.42 Å². The topological polar surface area (TPSA) is 50.5 Å². The summed E-state index contributed by atoms with van der Waals surface area (Å²) in [5.41, 5.74) is 1.84. The second-order valence-corrected chi connectivity index (χ2v) is 3.85. The number of amides is 2. The van der Waals surface area contributed by atoms with Crippen molar-refractivity contribution < 1.29 is 14.0 Å². The van der Waals surface area contributed by atoms with Crippen LogP contribution in [0.25, 0.3) is 0 Å². The monoisotopic (exact) mass is 227 g/mol. The van der Waals surface area contributed by atoms with Crippen molar-refractivity contribution in [2.24, 2.45) is 0 Å². The SMILES string of the molecule is O=C1Cc2ccccc2C(=O)N1c1ccoc1. The maximum absolute atomic E-state index is 12.2. The predicted molar refractivity (Wildman–Crippen MR) is 60.7 cm³/mol. The van der Waals surface area contributed by atoms with E-state index in [2.05, 4.69) is 0 Å². The van der Waals surface area contributed by atoms with Crippen LogP contribution in [0.15, 0.2) is 47.3 Å². The Morgan fingerprint density at radius 1 is 1.12 bits per heavy atom. The van der Waals surface area contributed by atoms with Gasteiger partial charge in [0.1, 0.15) is 6.26 Å². The van der Waals surface area contributed by atoms with Crippen LogP contribution < -0.4 is 4.90 Å². The van der Waals surface area contributed by atoms with Crippen LogP contribution in [0.5, 0.6) is 0 Å². The molecule has 0 bridgehead atoms. The summed E-state index contributed by atoms with van der Waals surface area (Å²) in [5.74, 6) is -0.520. The molecule has 2 aromatic rings. The molecule has 0 saturated heterocycles. The van der Waals surface area contributed by atoms with Crippen molar-refractivity contribution in [3.05, 3.63) is 54.0 Å². The number of hydrogen-bond acceptors (Lipinski definition) is 3. The average Bonchev–Trinajstić information content (AvgIpc) is 2.83. The van der Waals surface area contributed by atoms with Crippen molar-refractivity contribution in [1.82, 2.24) is 0 Å². The fraction of sp³-hybridized carbons (Fsp3) is 0.0769.